The highest BCUT2D eigenvalue weighted by atomic mass is 35.5. The molecular formula is C19H24ClN5O. The number of halogens is 1. The number of piperidine rings is 1. The first-order valence-corrected chi connectivity index (χ1v) is 9.86. The first-order valence-electron chi connectivity index (χ1n) is 9.48. The number of aryl methyl sites for hydroxylation is 1. The highest BCUT2D eigenvalue weighted by Crippen LogP contribution is 2.31. The van der Waals surface area contributed by atoms with Crippen LogP contribution in [0.3, 0.4) is 0 Å². The minimum Gasteiger partial charge on any atom is -0.325 e. The van der Waals surface area contributed by atoms with E-state index in [0.717, 1.165) is 74.5 Å². The van der Waals surface area contributed by atoms with E-state index >= 15 is 0 Å². The van der Waals surface area contributed by atoms with E-state index in [-0.39, 0.29) is 11.9 Å². The number of nitrogens with one attached hydrogen (secondary N) is 2. The molecule has 138 valence electrons. The molecule has 1 amide bonds. The van der Waals surface area contributed by atoms with Crippen molar-refractivity contribution in [3.8, 4) is 11.4 Å². The van der Waals surface area contributed by atoms with Crippen LogP contribution in [-0.2, 0) is 17.8 Å². The lowest BCUT2D eigenvalue weighted by Crippen LogP contribution is -2.43. The summed E-state index contributed by atoms with van der Waals surface area (Å²) >= 11 is 6.45. The van der Waals surface area contributed by atoms with Crippen LogP contribution in [0.15, 0.2) is 18.2 Å². The fourth-order valence-electron chi connectivity index (χ4n) is 3.76. The monoisotopic (exact) mass is 373 g/mol. The Morgan fingerprint density at radius 2 is 2.12 bits per heavy atom. The summed E-state index contributed by atoms with van der Waals surface area (Å²) in [7, 11) is 0. The van der Waals surface area contributed by atoms with Crippen LogP contribution in [0.2, 0.25) is 5.02 Å². The molecule has 4 rings (SSSR count). The van der Waals surface area contributed by atoms with Gasteiger partial charge in [0.25, 0.3) is 0 Å². The summed E-state index contributed by atoms with van der Waals surface area (Å²) in [5.41, 5.74) is 1.56. The number of hydrogen-bond acceptors (Lipinski definition) is 4. The molecule has 2 aromatic rings. The van der Waals surface area contributed by atoms with Gasteiger partial charge in [-0.2, -0.15) is 0 Å². The zero-order chi connectivity index (χ0) is 17.9. The number of hydrogen-bond donors (Lipinski definition) is 2. The number of amides is 1. The number of anilines is 1. The van der Waals surface area contributed by atoms with Crippen molar-refractivity contribution >= 4 is 23.2 Å². The molecule has 0 bridgehead atoms. The Bertz CT molecular complexity index is 797. The summed E-state index contributed by atoms with van der Waals surface area (Å²) in [6.07, 6.45) is 7.53. The standard InChI is InChI=1S/C19H24ClN5O/c20-15-9-8-13(22-19(26)16-6-3-4-10-21-16)12-14(15)18-24-23-17-7-2-1-5-11-25(17)18/h8-9,12,16,21H,1-7,10-11H2,(H,22,26)/t16-/m1/s1. The second kappa shape index (κ2) is 7.76. The molecule has 2 N–H and O–H groups in total. The van der Waals surface area contributed by atoms with Gasteiger partial charge in [-0.25, -0.2) is 0 Å². The van der Waals surface area contributed by atoms with Crippen molar-refractivity contribution < 1.29 is 4.79 Å². The second-order valence-corrected chi connectivity index (χ2v) is 7.50. The molecule has 1 atom stereocenters. The van der Waals surface area contributed by atoms with Crippen molar-refractivity contribution in [2.75, 3.05) is 11.9 Å². The molecule has 6 nitrogen and oxygen atoms in total. The SMILES string of the molecule is O=C(Nc1ccc(Cl)c(-c2nnc3n2CCCCC3)c1)[C@H]1CCCCN1. The summed E-state index contributed by atoms with van der Waals surface area (Å²) in [5.74, 6) is 1.83. The van der Waals surface area contributed by atoms with E-state index in [1.807, 2.05) is 18.2 Å². The van der Waals surface area contributed by atoms with Crippen molar-refractivity contribution in [1.29, 1.82) is 0 Å². The van der Waals surface area contributed by atoms with Crippen molar-refractivity contribution in [3.05, 3.63) is 29.0 Å². The Kier molecular flexibility index (Phi) is 5.22. The molecule has 0 aliphatic carbocycles. The van der Waals surface area contributed by atoms with Crippen LogP contribution in [0.5, 0.6) is 0 Å². The Balaban J connectivity index is 1.59. The van der Waals surface area contributed by atoms with Crippen LogP contribution in [0.4, 0.5) is 5.69 Å². The molecule has 0 spiro atoms. The molecule has 26 heavy (non-hydrogen) atoms. The van der Waals surface area contributed by atoms with Crippen LogP contribution in [0.1, 0.15) is 44.3 Å². The maximum atomic E-state index is 12.5. The van der Waals surface area contributed by atoms with Crippen molar-refractivity contribution in [1.82, 2.24) is 20.1 Å². The summed E-state index contributed by atoms with van der Waals surface area (Å²) in [6.45, 7) is 1.81. The number of rotatable bonds is 3. The molecule has 3 heterocycles. The van der Waals surface area contributed by atoms with Crippen molar-refractivity contribution in [2.24, 2.45) is 0 Å². The van der Waals surface area contributed by atoms with Gasteiger partial charge in [0.1, 0.15) is 5.82 Å². The normalized spacial score (nSPS) is 20.3. The Labute approximate surface area is 158 Å². The van der Waals surface area contributed by atoms with Gasteiger partial charge in [-0.1, -0.05) is 24.4 Å². The molecule has 1 fully saturated rings. The molecule has 0 saturated carbocycles. The number of benzene rings is 1. The smallest absolute Gasteiger partial charge is 0.241 e. The van der Waals surface area contributed by atoms with Gasteiger partial charge in [-0.15, -0.1) is 10.2 Å². The van der Waals surface area contributed by atoms with Gasteiger partial charge in [0.05, 0.1) is 11.1 Å². The van der Waals surface area contributed by atoms with E-state index in [9.17, 15) is 4.79 Å². The molecule has 0 radical (unpaired) electrons. The quantitative estimate of drug-likeness (QED) is 0.864. The minimum absolute atomic E-state index is 0.0121. The van der Waals surface area contributed by atoms with Crippen LogP contribution < -0.4 is 10.6 Å². The summed E-state index contributed by atoms with van der Waals surface area (Å²) in [4.78, 5) is 12.5. The van der Waals surface area contributed by atoms with E-state index in [0.29, 0.717) is 5.02 Å². The summed E-state index contributed by atoms with van der Waals surface area (Å²) in [5, 5.41) is 15.7. The third-order valence-electron chi connectivity index (χ3n) is 5.21. The largest absolute Gasteiger partial charge is 0.325 e. The first kappa shape index (κ1) is 17.5. The third-order valence-corrected chi connectivity index (χ3v) is 5.54. The fourth-order valence-corrected chi connectivity index (χ4v) is 3.97. The Morgan fingerprint density at radius 1 is 1.19 bits per heavy atom. The van der Waals surface area contributed by atoms with E-state index in [4.69, 9.17) is 11.6 Å². The number of carbonyl (C=O) groups is 1. The Morgan fingerprint density at radius 3 is 2.96 bits per heavy atom. The molecule has 1 saturated heterocycles. The molecule has 1 aromatic heterocycles. The number of fused-ring (bicyclic) bond motifs is 1. The number of aromatic nitrogens is 3. The lowest BCUT2D eigenvalue weighted by Gasteiger charge is -2.22. The lowest BCUT2D eigenvalue weighted by atomic mass is 10.0. The topological polar surface area (TPSA) is 71.8 Å². The first-order chi connectivity index (χ1) is 12.7. The van der Waals surface area contributed by atoms with Gasteiger partial charge in [-0.3, -0.25) is 4.79 Å². The van der Waals surface area contributed by atoms with Crippen LogP contribution in [0, 0.1) is 0 Å². The highest BCUT2D eigenvalue weighted by molar-refractivity contribution is 6.33. The van der Waals surface area contributed by atoms with Gasteiger partial charge in [0.2, 0.25) is 5.91 Å². The van der Waals surface area contributed by atoms with Gasteiger partial charge in [0, 0.05) is 24.2 Å². The molecule has 2 aliphatic rings. The molecule has 7 heteroatoms. The summed E-state index contributed by atoms with van der Waals surface area (Å²) in [6, 6.07) is 5.45. The molecule has 2 aliphatic heterocycles. The predicted molar refractivity (Wildman–Crippen MR) is 102 cm³/mol. The van der Waals surface area contributed by atoms with E-state index in [1.54, 1.807) is 0 Å². The maximum absolute atomic E-state index is 12.5. The Hall–Kier alpha value is -1.92. The lowest BCUT2D eigenvalue weighted by molar-refractivity contribution is -0.118. The van der Waals surface area contributed by atoms with Crippen molar-refractivity contribution in [3.63, 3.8) is 0 Å². The van der Waals surface area contributed by atoms with Gasteiger partial charge >= 0.3 is 0 Å². The molecule has 1 aromatic carbocycles. The van der Waals surface area contributed by atoms with E-state index < -0.39 is 0 Å². The predicted octanol–water partition coefficient (Wildman–Crippen LogP) is 3.41. The zero-order valence-corrected chi connectivity index (χ0v) is 15.6. The maximum Gasteiger partial charge on any atom is 0.241 e. The average Bonchev–Trinajstić information content (AvgIpc) is 2.92. The third kappa shape index (κ3) is 3.62. The van der Waals surface area contributed by atoms with Gasteiger partial charge < -0.3 is 15.2 Å². The van der Waals surface area contributed by atoms with Crippen molar-refractivity contribution in [2.45, 2.75) is 57.5 Å². The number of carbonyl (C=O) groups excluding carboxylic acids is 1. The van der Waals surface area contributed by atoms with Gasteiger partial charge in [0.15, 0.2) is 5.82 Å². The van der Waals surface area contributed by atoms with Crippen LogP contribution in [-0.4, -0.2) is 33.3 Å². The number of nitrogens with zero attached hydrogens (tertiary/aromatic N) is 3. The highest BCUT2D eigenvalue weighted by Gasteiger charge is 2.22. The van der Waals surface area contributed by atoms with Crippen LogP contribution >= 0.6 is 11.6 Å². The second-order valence-electron chi connectivity index (χ2n) is 7.09. The summed E-state index contributed by atoms with van der Waals surface area (Å²) < 4.78 is 2.17. The zero-order valence-electron chi connectivity index (χ0n) is 14.8. The van der Waals surface area contributed by atoms with Gasteiger partial charge in [-0.05, 0) is 50.4 Å². The molecule has 0 unspecified atom stereocenters. The fraction of sp³-hybridized carbons (Fsp3) is 0.526. The van der Waals surface area contributed by atoms with E-state index in [2.05, 4.69) is 25.4 Å². The van der Waals surface area contributed by atoms with Crippen LogP contribution in [0.25, 0.3) is 11.4 Å². The minimum atomic E-state index is -0.118. The van der Waals surface area contributed by atoms with E-state index in [1.165, 1.54) is 6.42 Å². The molecular weight excluding hydrogens is 350 g/mol. The average molecular weight is 374 g/mol.